The minimum atomic E-state index is -3.72. The van der Waals surface area contributed by atoms with E-state index in [-0.39, 0.29) is 4.90 Å². The maximum Gasteiger partial charge on any atom is 0.263 e. The summed E-state index contributed by atoms with van der Waals surface area (Å²) in [5.74, 6) is 0. The fourth-order valence-corrected chi connectivity index (χ4v) is 3.77. The summed E-state index contributed by atoms with van der Waals surface area (Å²) >= 11 is 6.51. The maximum absolute atomic E-state index is 12.3. The molecule has 2 aromatic rings. The number of sulfonamides is 1. The molecule has 0 atom stereocenters. The second kappa shape index (κ2) is 5.71. The Balaban J connectivity index is 2.41. The Morgan fingerprint density at radius 1 is 1.20 bits per heavy atom. The van der Waals surface area contributed by atoms with Crippen LogP contribution in [-0.2, 0) is 10.0 Å². The van der Waals surface area contributed by atoms with Crippen LogP contribution in [0.25, 0.3) is 0 Å². The van der Waals surface area contributed by atoms with Crippen LogP contribution < -0.4 is 10.5 Å². The van der Waals surface area contributed by atoms with Gasteiger partial charge in [0.25, 0.3) is 10.0 Å². The van der Waals surface area contributed by atoms with E-state index in [1.54, 1.807) is 12.1 Å². The third-order valence-electron chi connectivity index (χ3n) is 2.59. The van der Waals surface area contributed by atoms with E-state index in [2.05, 4.69) is 41.6 Å². The van der Waals surface area contributed by atoms with Crippen molar-refractivity contribution in [1.29, 1.82) is 0 Å². The third-order valence-corrected chi connectivity index (χ3v) is 5.01. The Kier molecular flexibility index (Phi) is 4.36. The molecule has 1 heterocycles. The van der Waals surface area contributed by atoms with Gasteiger partial charge in [-0.2, -0.15) is 0 Å². The number of anilines is 2. The van der Waals surface area contributed by atoms with E-state index >= 15 is 0 Å². The summed E-state index contributed by atoms with van der Waals surface area (Å²) in [6.07, 6.45) is 2.79. The summed E-state index contributed by atoms with van der Waals surface area (Å²) in [4.78, 5) is 3.91. The number of rotatable bonds is 3. The molecule has 0 amide bonds. The highest BCUT2D eigenvalue weighted by atomic mass is 79.9. The van der Waals surface area contributed by atoms with Gasteiger partial charge in [0.2, 0.25) is 0 Å². The standard InChI is InChI=1S/C12H11Br2N3O2S/c1-7-2-10(14)12(4-11(7)15)17-20(18,19)9-3-8(13)5-16-6-9/h2-6,17H,15H2,1H3. The summed E-state index contributed by atoms with van der Waals surface area (Å²) in [7, 11) is -3.72. The number of aromatic nitrogens is 1. The number of nitrogens with two attached hydrogens (primary N) is 1. The lowest BCUT2D eigenvalue weighted by Crippen LogP contribution is -2.14. The number of nitrogens with zero attached hydrogens (tertiary/aromatic N) is 1. The third kappa shape index (κ3) is 3.31. The summed E-state index contributed by atoms with van der Waals surface area (Å²) in [6.45, 7) is 1.84. The smallest absolute Gasteiger partial charge is 0.263 e. The van der Waals surface area contributed by atoms with E-state index in [9.17, 15) is 8.42 Å². The van der Waals surface area contributed by atoms with E-state index in [0.29, 0.717) is 20.3 Å². The zero-order valence-corrected chi connectivity index (χ0v) is 14.4. The van der Waals surface area contributed by atoms with Crippen molar-refractivity contribution < 1.29 is 8.42 Å². The van der Waals surface area contributed by atoms with Crippen molar-refractivity contribution in [3.63, 3.8) is 0 Å². The van der Waals surface area contributed by atoms with Crippen LogP contribution in [0.3, 0.4) is 0 Å². The van der Waals surface area contributed by atoms with Crippen molar-refractivity contribution in [1.82, 2.24) is 4.98 Å². The van der Waals surface area contributed by atoms with Gasteiger partial charge in [-0.05, 0) is 62.5 Å². The molecule has 1 aromatic heterocycles. The second-order valence-electron chi connectivity index (χ2n) is 4.13. The number of aryl methyl sites for hydroxylation is 1. The minimum absolute atomic E-state index is 0.0675. The van der Waals surface area contributed by atoms with E-state index in [4.69, 9.17) is 5.73 Å². The molecule has 0 bridgehead atoms. The zero-order valence-electron chi connectivity index (χ0n) is 10.4. The quantitative estimate of drug-likeness (QED) is 0.746. The fourth-order valence-electron chi connectivity index (χ4n) is 1.51. The molecule has 5 nitrogen and oxygen atoms in total. The lowest BCUT2D eigenvalue weighted by Gasteiger charge is -2.12. The molecule has 1 aromatic carbocycles. The van der Waals surface area contributed by atoms with Gasteiger partial charge in [0.1, 0.15) is 4.90 Å². The molecule has 0 saturated carbocycles. The van der Waals surface area contributed by atoms with Crippen molar-refractivity contribution in [3.05, 3.63) is 45.1 Å². The molecular formula is C12H11Br2N3O2S. The van der Waals surface area contributed by atoms with Crippen LogP contribution in [-0.4, -0.2) is 13.4 Å². The second-order valence-corrected chi connectivity index (χ2v) is 7.59. The first-order chi connectivity index (χ1) is 9.29. The highest BCUT2D eigenvalue weighted by Gasteiger charge is 2.17. The van der Waals surface area contributed by atoms with Crippen LogP contribution in [0.2, 0.25) is 0 Å². The summed E-state index contributed by atoms with van der Waals surface area (Å²) in [5.41, 5.74) is 7.56. The van der Waals surface area contributed by atoms with Crippen LogP contribution in [0.15, 0.2) is 44.4 Å². The molecule has 0 aliphatic carbocycles. The number of hydrogen-bond acceptors (Lipinski definition) is 4. The van der Waals surface area contributed by atoms with Gasteiger partial charge in [0, 0.05) is 27.0 Å². The number of halogens is 2. The number of benzene rings is 1. The molecule has 0 aliphatic heterocycles. The normalized spacial score (nSPS) is 11.3. The Morgan fingerprint density at radius 3 is 2.55 bits per heavy atom. The molecule has 0 fully saturated rings. The Bertz CT molecular complexity index is 763. The lowest BCUT2D eigenvalue weighted by molar-refractivity contribution is 0.600. The molecule has 0 saturated heterocycles. The molecule has 8 heteroatoms. The summed E-state index contributed by atoms with van der Waals surface area (Å²) in [6, 6.07) is 4.80. The average Bonchev–Trinajstić information content (AvgIpc) is 2.36. The Labute approximate surface area is 133 Å². The molecule has 0 radical (unpaired) electrons. The Morgan fingerprint density at radius 2 is 1.90 bits per heavy atom. The maximum atomic E-state index is 12.3. The molecule has 106 valence electrons. The van der Waals surface area contributed by atoms with Crippen molar-refractivity contribution in [3.8, 4) is 0 Å². The van der Waals surface area contributed by atoms with Crippen LogP contribution in [0.4, 0.5) is 11.4 Å². The highest BCUT2D eigenvalue weighted by Crippen LogP contribution is 2.29. The molecule has 3 N–H and O–H groups in total. The van der Waals surface area contributed by atoms with Gasteiger partial charge in [0.05, 0.1) is 5.69 Å². The highest BCUT2D eigenvalue weighted by molar-refractivity contribution is 9.10. The number of hydrogen-bond donors (Lipinski definition) is 2. The van der Waals surface area contributed by atoms with E-state index < -0.39 is 10.0 Å². The van der Waals surface area contributed by atoms with Crippen molar-refractivity contribution in [2.45, 2.75) is 11.8 Å². The zero-order chi connectivity index (χ0) is 14.9. The van der Waals surface area contributed by atoms with Crippen molar-refractivity contribution in [2.24, 2.45) is 0 Å². The Hall–Kier alpha value is -1.12. The predicted octanol–water partition coefficient (Wildman–Crippen LogP) is 3.30. The largest absolute Gasteiger partial charge is 0.398 e. The predicted molar refractivity (Wildman–Crippen MR) is 86.0 cm³/mol. The van der Waals surface area contributed by atoms with Crippen molar-refractivity contribution >= 4 is 53.3 Å². The number of pyridine rings is 1. The molecule has 0 spiro atoms. The van der Waals surface area contributed by atoms with Crippen molar-refractivity contribution in [2.75, 3.05) is 10.5 Å². The van der Waals surface area contributed by atoms with Crippen LogP contribution in [0.5, 0.6) is 0 Å². The van der Waals surface area contributed by atoms with Gasteiger partial charge in [0.15, 0.2) is 0 Å². The topological polar surface area (TPSA) is 85.1 Å². The molecule has 0 aliphatic rings. The fraction of sp³-hybridized carbons (Fsp3) is 0.0833. The lowest BCUT2D eigenvalue weighted by atomic mass is 10.2. The van der Waals surface area contributed by atoms with Gasteiger partial charge in [-0.25, -0.2) is 8.42 Å². The van der Waals surface area contributed by atoms with E-state index in [1.165, 1.54) is 18.5 Å². The monoisotopic (exact) mass is 419 g/mol. The van der Waals surface area contributed by atoms with Gasteiger partial charge in [-0.15, -0.1) is 0 Å². The first-order valence-electron chi connectivity index (χ1n) is 5.48. The number of nitrogen functional groups attached to an aromatic ring is 1. The van der Waals surface area contributed by atoms with E-state index in [0.717, 1.165) is 5.56 Å². The van der Waals surface area contributed by atoms with Gasteiger partial charge in [-0.1, -0.05) is 0 Å². The van der Waals surface area contributed by atoms with Crippen LogP contribution >= 0.6 is 31.9 Å². The van der Waals surface area contributed by atoms with Gasteiger partial charge >= 0.3 is 0 Å². The molecule has 2 rings (SSSR count). The molecule has 20 heavy (non-hydrogen) atoms. The first-order valence-corrected chi connectivity index (χ1v) is 8.55. The van der Waals surface area contributed by atoms with Gasteiger partial charge in [-0.3, -0.25) is 9.71 Å². The SMILES string of the molecule is Cc1cc(Br)c(NS(=O)(=O)c2cncc(Br)c2)cc1N. The van der Waals surface area contributed by atoms with E-state index in [1.807, 2.05) is 6.92 Å². The summed E-state index contributed by atoms with van der Waals surface area (Å²) < 4.78 is 28.2. The molecular weight excluding hydrogens is 410 g/mol. The minimum Gasteiger partial charge on any atom is -0.398 e. The first kappa shape index (κ1) is 15.3. The molecule has 0 unspecified atom stereocenters. The summed E-state index contributed by atoms with van der Waals surface area (Å²) in [5, 5.41) is 0. The van der Waals surface area contributed by atoms with Crippen LogP contribution in [0.1, 0.15) is 5.56 Å². The van der Waals surface area contributed by atoms with Gasteiger partial charge < -0.3 is 5.73 Å². The van der Waals surface area contributed by atoms with Crippen LogP contribution in [0, 0.1) is 6.92 Å². The average molecular weight is 421 g/mol. The number of nitrogens with one attached hydrogen (secondary N) is 1.